The van der Waals surface area contributed by atoms with Gasteiger partial charge in [0.2, 0.25) is 0 Å². The largest absolute Gasteiger partial charge is 0.506 e. The number of aromatic nitrogens is 3. The summed E-state index contributed by atoms with van der Waals surface area (Å²) in [5, 5.41) is 23.1. The van der Waals surface area contributed by atoms with Gasteiger partial charge in [-0.3, -0.25) is 9.80 Å². The van der Waals surface area contributed by atoms with Crippen molar-refractivity contribution < 1.29 is 49.7 Å². The van der Waals surface area contributed by atoms with E-state index in [1.165, 1.54) is 0 Å². The normalized spacial score (nSPS) is 19.2. The fourth-order valence-electron chi connectivity index (χ4n) is 8.52. The van der Waals surface area contributed by atoms with Crippen LogP contribution in [0.2, 0.25) is 0 Å². The molecule has 3 aliphatic heterocycles. The van der Waals surface area contributed by atoms with E-state index >= 15 is 22.0 Å². The second-order valence-electron chi connectivity index (χ2n) is 14.9. The van der Waals surface area contributed by atoms with E-state index in [-0.39, 0.29) is 52.6 Å². The van der Waals surface area contributed by atoms with E-state index in [2.05, 4.69) is 20.3 Å². The fourth-order valence-corrected chi connectivity index (χ4v) is 9.47. The minimum absolute atomic E-state index is 0.0129. The number of hydrogen-bond acceptors (Lipinski definition) is 13. The second kappa shape index (κ2) is 15.8. The Morgan fingerprint density at radius 2 is 1.88 bits per heavy atom. The summed E-state index contributed by atoms with van der Waals surface area (Å²) < 4.78 is 132. The Bertz CT molecular complexity index is 2590. The predicted molar refractivity (Wildman–Crippen MR) is 206 cm³/mol. The molecular weight excluding hydrogens is 827 g/mol. The number of phenols is 1. The van der Waals surface area contributed by atoms with E-state index in [0.29, 0.717) is 63.6 Å². The summed E-state index contributed by atoms with van der Waals surface area (Å²) in [7, 11) is 0. The van der Waals surface area contributed by atoms with Crippen molar-refractivity contribution in [2.75, 3.05) is 69.3 Å². The Morgan fingerprint density at radius 1 is 1.12 bits per heavy atom. The highest BCUT2D eigenvalue weighted by Crippen LogP contribution is 2.52. The van der Waals surface area contributed by atoms with Crippen LogP contribution >= 0.6 is 11.3 Å². The number of benzene rings is 2. The Morgan fingerprint density at radius 3 is 2.60 bits per heavy atom. The van der Waals surface area contributed by atoms with Crippen LogP contribution in [0.25, 0.3) is 32.1 Å². The zero-order chi connectivity index (χ0) is 42.7. The van der Waals surface area contributed by atoms with Gasteiger partial charge in [0, 0.05) is 48.3 Å². The smallest absolute Gasteiger partial charge is 0.420 e. The van der Waals surface area contributed by atoms with E-state index in [1.54, 1.807) is 6.07 Å². The molecule has 0 aliphatic carbocycles. The summed E-state index contributed by atoms with van der Waals surface area (Å²) in [6, 6.07) is 2.75. The molecule has 0 amide bonds. The van der Waals surface area contributed by atoms with Crippen LogP contribution in [-0.4, -0.2) is 87.9 Å². The van der Waals surface area contributed by atoms with Crippen molar-refractivity contribution in [2.24, 2.45) is 0 Å². The Balaban J connectivity index is 1.35. The van der Waals surface area contributed by atoms with Crippen molar-refractivity contribution in [1.82, 2.24) is 24.8 Å². The van der Waals surface area contributed by atoms with E-state index in [0.717, 1.165) is 24.4 Å². The number of nitrogens with two attached hydrogens (primary N) is 2. The predicted octanol–water partition coefficient (Wildman–Crippen LogP) is 7.73. The number of nitrogens with one attached hydrogen (secondary N) is 1. The maximum atomic E-state index is 17.4. The molecule has 5 aromatic rings. The summed E-state index contributed by atoms with van der Waals surface area (Å²) >= 11 is 0.572. The third-order valence-corrected chi connectivity index (χ3v) is 12.4. The monoisotopic (exact) mass is 861 g/mol. The van der Waals surface area contributed by atoms with Gasteiger partial charge in [-0.25, -0.2) is 18.2 Å². The number of rotatable bonds is 10. The Labute approximate surface area is 340 Å². The molecule has 21 heteroatoms. The third kappa shape index (κ3) is 7.35. The maximum absolute atomic E-state index is 17.4. The Kier molecular flexibility index (Phi) is 10.8. The standard InChI is InChI=1S/C39H35F8N9O3S/c40-19-12-21(34(49)51-15-19)24(4-7-55-8-10-58-11-9-55)52-36-27-30(53-37(54-36)59-17-38-5-1-6-56(38)16-18(13-38)33(43)44)29(42)26(28(31(27)57)39(45,46)47)20-2-3-23(41)32-25(20)22(14-48)35(50)60-32/h2-3,12,15,24,57H,1,4-11,13,16-17,50H2,(H2,49,51)(H,52,53,54)/t24-,38+/m1/s1. The lowest BCUT2D eigenvalue weighted by Gasteiger charge is -2.31. The molecule has 316 valence electrons. The molecule has 0 saturated carbocycles. The van der Waals surface area contributed by atoms with Gasteiger partial charge in [0.05, 0.1) is 46.6 Å². The first-order chi connectivity index (χ1) is 28.6. The number of phenolic OH excluding ortho intramolecular Hbond substituents is 1. The van der Waals surface area contributed by atoms with Crippen molar-refractivity contribution in [3.8, 4) is 29.0 Å². The van der Waals surface area contributed by atoms with Gasteiger partial charge in [-0.05, 0) is 49.9 Å². The van der Waals surface area contributed by atoms with Crippen LogP contribution in [0.15, 0.2) is 36.0 Å². The number of hydrogen-bond donors (Lipinski definition) is 4. The lowest BCUT2D eigenvalue weighted by Crippen LogP contribution is -2.43. The molecule has 2 aromatic carbocycles. The molecule has 3 saturated heterocycles. The first kappa shape index (κ1) is 41.2. The van der Waals surface area contributed by atoms with Gasteiger partial charge in [0.15, 0.2) is 5.82 Å². The molecule has 0 unspecified atom stereocenters. The number of nitrogens with zero attached hydrogens (tertiary/aromatic N) is 6. The van der Waals surface area contributed by atoms with Gasteiger partial charge in [-0.2, -0.15) is 37.2 Å². The molecule has 12 nitrogen and oxygen atoms in total. The second-order valence-corrected chi connectivity index (χ2v) is 15.9. The quantitative estimate of drug-likeness (QED) is 0.101. The third-order valence-electron chi connectivity index (χ3n) is 11.4. The topological polar surface area (TPSA) is 172 Å². The van der Waals surface area contributed by atoms with E-state index in [1.807, 2.05) is 9.80 Å². The molecule has 0 spiro atoms. The lowest BCUT2D eigenvalue weighted by molar-refractivity contribution is -0.138. The van der Waals surface area contributed by atoms with Crippen LogP contribution in [0.4, 0.5) is 51.8 Å². The fraction of sp³-hybridized carbons (Fsp3) is 0.385. The van der Waals surface area contributed by atoms with Crippen LogP contribution in [0.5, 0.6) is 11.8 Å². The van der Waals surface area contributed by atoms with Crippen molar-refractivity contribution >= 4 is 49.0 Å². The molecule has 2 atom stereocenters. The highest BCUT2D eigenvalue weighted by molar-refractivity contribution is 7.23. The Hall–Kier alpha value is -5.56. The van der Waals surface area contributed by atoms with Gasteiger partial charge < -0.3 is 31.4 Å². The van der Waals surface area contributed by atoms with Crippen LogP contribution in [0, 0.1) is 28.8 Å². The average Bonchev–Trinajstić information content (AvgIpc) is 3.89. The molecule has 60 heavy (non-hydrogen) atoms. The minimum Gasteiger partial charge on any atom is -0.506 e. The summed E-state index contributed by atoms with van der Waals surface area (Å²) in [5.74, 6) is -5.66. The number of morpholine rings is 1. The minimum atomic E-state index is -5.49. The molecule has 8 rings (SSSR count). The first-order valence-corrected chi connectivity index (χ1v) is 19.5. The van der Waals surface area contributed by atoms with E-state index in [9.17, 15) is 23.5 Å². The zero-order valence-corrected chi connectivity index (χ0v) is 32.2. The van der Waals surface area contributed by atoms with Crippen molar-refractivity contribution in [1.29, 1.82) is 5.26 Å². The number of nitriles is 1. The van der Waals surface area contributed by atoms with E-state index < -0.39 is 97.4 Å². The van der Waals surface area contributed by atoms with Crippen molar-refractivity contribution in [2.45, 2.75) is 43.4 Å². The lowest BCUT2D eigenvalue weighted by atomic mass is 9.91. The van der Waals surface area contributed by atoms with Gasteiger partial charge in [-0.15, -0.1) is 11.3 Å². The van der Waals surface area contributed by atoms with Gasteiger partial charge >= 0.3 is 12.2 Å². The average molecular weight is 862 g/mol. The number of pyridine rings is 1. The number of nitrogen functional groups attached to an aromatic ring is 2. The van der Waals surface area contributed by atoms with Crippen molar-refractivity contribution in [3.63, 3.8) is 0 Å². The summed E-state index contributed by atoms with van der Waals surface area (Å²) in [6.45, 7) is 2.43. The molecule has 6 N–H and O–H groups in total. The highest BCUT2D eigenvalue weighted by Gasteiger charge is 2.49. The number of fused-ring (bicyclic) bond motifs is 3. The van der Waals surface area contributed by atoms with Crippen LogP contribution in [-0.2, 0) is 10.9 Å². The molecule has 0 bridgehead atoms. The van der Waals surface area contributed by atoms with Gasteiger partial charge in [0.1, 0.15) is 57.8 Å². The number of alkyl halides is 3. The molecule has 6 heterocycles. The van der Waals surface area contributed by atoms with Gasteiger partial charge in [0.25, 0.3) is 6.08 Å². The van der Waals surface area contributed by atoms with Crippen LogP contribution in [0.1, 0.15) is 48.4 Å². The molecule has 0 radical (unpaired) electrons. The summed E-state index contributed by atoms with van der Waals surface area (Å²) in [6.07, 6.45) is -5.29. The molecular formula is C39H35F8N9O3S. The van der Waals surface area contributed by atoms with Crippen LogP contribution in [0.3, 0.4) is 0 Å². The zero-order valence-electron chi connectivity index (χ0n) is 31.4. The molecule has 3 fully saturated rings. The number of aromatic hydroxyl groups is 1. The number of anilines is 3. The first-order valence-electron chi connectivity index (χ1n) is 18.7. The number of thiophene rings is 1. The maximum Gasteiger partial charge on any atom is 0.420 e. The molecule has 3 aliphatic rings. The number of halogens is 8. The SMILES string of the molecule is N#Cc1c(N)sc2c(F)ccc(-c3c(C(F)(F)F)c(O)c4c(N[C@H](CCN5CCOCC5)c5cc(F)cnc5N)nc(OC[C@@]56CCCN5CC(=C(F)F)C6)nc4c3F)c12. The summed E-state index contributed by atoms with van der Waals surface area (Å²) in [4.78, 5) is 16.3. The van der Waals surface area contributed by atoms with Crippen molar-refractivity contribution in [3.05, 3.63) is 70.2 Å². The number of ether oxygens (including phenoxy) is 2. The van der Waals surface area contributed by atoms with E-state index in [4.69, 9.17) is 20.9 Å². The van der Waals surface area contributed by atoms with Gasteiger partial charge in [-0.1, -0.05) is 6.07 Å². The summed E-state index contributed by atoms with van der Waals surface area (Å²) in [5.41, 5.74) is 6.14. The molecule has 3 aromatic heterocycles. The highest BCUT2D eigenvalue weighted by atomic mass is 32.1. The van der Waals surface area contributed by atoms with Crippen LogP contribution < -0.4 is 21.5 Å².